The van der Waals surface area contributed by atoms with E-state index in [1.165, 1.54) is 0 Å². The van der Waals surface area contributed by atoms with E-state index < -0.39 is 0 Å². The van der Waals surface area contributed by atoms with Crippen molar-refractivity contribution >= 4 is 0 Å². The van der Waals surface area contributed by atoms with Gasteiger partial charge in [0.05, 0.1) is 12.6 Å². The standard InChI is InChI=1S/C16H21NO/c1-16(2)13-17(12-10-15(16)18)11-6-9-14-7-4-3-5-8-14/h3-5,7-8,15,18H,10-13H2,1-2H3. The molecule has 1 atom stereocenters. The lowest BCUT2D eigenvalue weighted by Gasteiger charge is -2.41. The molecule has 0 saturated carbocycles. The summed E-state index contributed by atoms with van der Waals surface area (Å²) in [5, 5.41) is 9.90. The molecule has 1 saturated heterocycles. The van der Waals surface area contributed by atoms with Crippen LogP contribution in [0.15, 0.2) is 30.3 Å². The van der Waals surface area contributed by atoms with Crippen molar-refractivity contribution in [1.29, 1.82) is 0 Å². The fourth-order valence-electron chi connectivity index (χ4n) is 2.37. The summed E-state index contributed by atoms with van der Waals surface area (Å²) in [7, 11) is 0. The molecule has 1 aliphatic heterocycles. The molecule has 1 N–H and O–H groups in total. The van der Waals surface area contributed by atoms with Crippen molar-refractivity contribution in [1.82, 2.24) is 4.90 Å². The molecule has 1 aliphatic rings. The van der Waals surface area contributed by atoms with Gasteiger partial charge in [-0.2, -0.15) is 0 Å². The highest BCUT2D eigenvalue weighted by molar-refractivity contribution is 5.33. The van der Waals surface area contributed by atoms with Crippen molar-refractivity contribution in [3.8, 4) is 11.8 Å². The topological polar surface area (TPSA) is 23.5 Å². The van der Waals surface area contributed by atoms with Crippen molar-refractivity contribution in [2.24, 2.45) is 5.41 Å². The van der Waals surface area contributed by atoms with Crippen molar-refractivity contribution in [2.75, 3.05) is 19.6 Å². The highest BCUT2D eigenvalue weighted by atomic mass is 16.3. The van der Waals surface area contributed by atoms with Gasteiger partial charge in [-0.05, 0) is 18.6 Å². The number of hydrogen-bond acceptors (Lipinski definition) is 2. The van der Waals surface area contributed by atoms with E-state index in [4.69, 9.17) is 0 Å². The van der Waals surface area contributed by atoms with E-state index in [1.54, 1.807) is 0 Å². The molecule has 0 aliphatic carbocycles. The summed E-state index contributed by atoms with van der Waals surface area (Å²) >= 11 is 0. The van der Waals surface area contributed by atoms with E-state index in [-0.39, 0.29) is 11.5 Å². The first-order valence-electron chi connectivity index (χ1n) is 6.52. The average molecular weight is 243 g/mol. The first-order chi connectivity index (χ1) is 8.58. The molecule has 2 heteroatoms. The summed E-state index contributed by atoms with van der Waals surface area (Å²) in [6, 6.07) is 10.1. The van der Waals surface area contributed by atoms with E-state index in [1.807, 2.05) is 30.3 Å². The van der Waals surface area contributed by atoms with E-state index in [0.717, 1.165) is 31.6 Å². The molecule has 2 rings (SSSR count). The minimum absolute atomic E-state index is 0.0212. The summed E-state index contributed by atoms with van der Waals surface area (Å²) in [6.07, 6.45) is 0.663. The normalized spacial score (nSPS) is 23.2. The SMILES string of the molecule is CC1(C)CN(CC#Cc2ccccc2)CCC1O. The molecular formula is C16H21NO. The zero-order valence-corrected chi connectivity index (χ0v) is 11.2. The van der Waals surface area contributed by atoms with Crippen molar-refractivity contribution in [3.63, 3.8) is 0 Å². The van der Waals surface area contributed by atoms with E-state index in [0.29, 0.717) is 0 Å². The van der Waals surface area contributed by atoms with Crippen LogP contribution >= 0.6 is 0 Å². The van der Waals surface area contributed by atoms with Gasteiger partial charge in [0.25, 0.3) is 0 Å². The summed E-state index contributed by atoms with van der Waals surface area (Å²) in [5.41, 5.74) is 1.04. The lowest BCUT2D eigenvalue weighted by molar-refractivity contribution is -0.0201. The van der Waals surface area contributed by atoms with Crippen LogP contribution < -0.4 is 0 Å². The molecular weight excluding hydrogens is 222 g/mol. The molecule has 1 aromatic rings. The van der Waals surface area contributed by atoms with Gasteiger partial charge in [0.15, 0.2) is 0 Å². The third-order valence-corrected chi connectivity index (χ3v) is 3.56. The van der Waals surface area contributed by atoms with Gasteiger partial charge in [-0.1, -0.05) is 43.9 Å². The zero-order chi connectivity index (χ0) is 13.0. The summed E-state index contributed by atoms with van der Waals surface area (Å²) in [4.78, 5) is 2.32. The van der Waals surface area contributed by atoms with Crippen LogP contribution in [0.3, 0.4) is 0 Å². The molecule has 1 heterocycles. The maximum absolute atomic E-state index is 9.90. The van der Waals surface area contributed by atoms with Crippen LogP contribution in [0.2, 0.25) is 0 Å². The molecule has 96 valence electrons. The second-order valence-electron chi connectivity index (χ2n) is 5.67. The summed E-state index contributed by atoms with van der Waals surface area (Å²) < 4.78 is 0. The van der Waals surface area contributed by atoms with Gasteiger partial charge < -0.3 is 5.11 Å². The van der Waals surface area contributed by atoms with Crippen molar-refractivity contribution in [3.05, 3.63) is 35.9 Å². The minimum atomic E-state index is -0.184. The Hall–Kier alpha value is -1.30. The highest BCUT2D eigenvalue weighted by Gasteiger charge is 2.33. The molecule has 2 nitrogen and oxygen atoms in total. The Morgan fingerprint density at radius 2 is 2.06 bits per heavy atom. The first-order valence-corrected chi connectivity index (χ1v) is 6.52. The monoisotopic (exact) mass is 243 g/mol. The lowest BCUT2D eigenvalue weighted by Crippen LogP contribution is -2.48. The maximum Gasteiger partial charge on any atom is 0.0615 e. The highest BCUT2D eigenvalue weighted by Crippen LogP contribution is 2.28. The second kappa shape index (κ2) is 5.56. The Bertz CT molecular complexity index is 441. The largest absolute Gasteiger partial charge is 0.392 e. The molecule has 1 fully saturated rings. The molecule has 0 radical (unpaired) electrons. The van der Waals surface area contributed by atoms with Gasteiger partial charge in [0, 0.05) is 24.1 Å². The van der Waals surface area contributed by atoms with E-state index in [9.17, 15) is 5.11 Å². The van der Waals surface area contributed by atoms with Gasteiger partial charge in [-0.3, -0.25) is 4.90 Å². The van der Waals surface area contributed by atoms with Gasteiger partial charge in [-0.15, -0.1) is 0 Å². The zero-order valence-electron chi connectivity index (χ0n) is 11.2. The van der Waals surface area contributed by atoms with Crippen LogP contribution in [0.4, 0.5) is 0 Å². The Morgan fingerprint density at radius 3 is 2.72 bits per heavy atom. The molecule has 0 aromatic heterocycles. The number of rotatable bonds is 1. The van der Waals surface area contributed by atoms with E-state index >= 15 is 0 Å². The minimum Gasteiger partial charge on any atom is -0.392 e. The molecule has 0 bridgehead atoms. The van der Waals surface area contributed by atoms with Crippen LogP contribution in [-0.4, -0.2) is 35.7 Å². The van der Waals surface area contributed by atoms with Crippen LogP contribution in [0, 0.1) is 17.3 Å². The molecule has 1 unspecified atom stereocenters. The van der Waals surface area contributed by atoms with Gasteiger partial charge in [-0.25, -0.2) is 0 Å². The number of hydrogen-bond donors (Lipinski definition) is 1. The maximum atomic E-state index is 9.90. The second-order valence-corrected chi connectivity index (χ2v) is 5.67. The van der Waals surface area contributed by atoms with Crippen LogP contribution in [0.25, 0.3) is 0 Å². The number of piperidine rings is 1. The molecule has 0 spiro atoms. The fourth-order valence-corrected chi connectivity index (χ4v) is 2.37. The van der Waals surface area contributed by atoms with Crippen molar-refractivity contribution < 1.29 is 5.11 Å². The van der Waals surface area contributed by atoms with Crippen LogP contribution in [-0.2, 0) is 0 Å². The van der Waals surface area contributed by atoms with Gasteiger partial charge in [0.2, 0.25) is 0 Å². The summed E-state index contributed by atoms with van der Waals surface area (Å²) in [5.74, 6) is 6.39. The van der Waals surface area contributed by atoms with Gasteiger partial charge in [0.1, 0.15) is 0 Å². The van der Waals surface area contributed by atoms with E-state index in [2.05, 4.69) is 30.6 Å². The predicted molar refractivity (Wildman–Crippen MR) is 74.2 cm³/mol. The predicted octanol–water partition coefficient (Wildman–Crippen LogP) is 2.13. The number of nitrogens with zero attached hydrogens (tertiary/aromatic N) is 1. The molecule has 0 amide bonds. The Morgan fingerprint density at radius 1 is 1.33 bits per heavy atom. The number of likely N-dealkylation sites (tertiary alicyclic amines) is 1. The third-order valence-electron chi connectivity index (χ3n) is 3.56. The van der Waals surface area contributed by atoms with Crippen LogP contribution in [0.1, 0.15) is 25.8 Å². The Kier molecular flexibility index (Phi) is 4.06. The number of aliphatic hydroxyl groups is 1. The Labute approximate surface area is 110 Å². The molecule has 18 heavy (non-hydrogen) atoms. The smallest absolute Gasteiger partial charge is 0.0615 e. The lowest BCUT2D eigenvalue weighted by atomic mass is 9.81. The van der Waals surface area contributed by atoms with Crippen molar-refractivity contribution in [2.45, 2.75) is 26.4 Å². The number of benzene rings is 1. The Balaban J connectivity index is 1.90. The third kappa shape index (κ3) is 3.35. The summed E-state index contributed by atoms with van der Waals surface area (Å²) in [6.45, 7) is 6.87. The number of aliphatic hydroxyl groups excluding tert-OH is 1. The fraction of sp³-hybridized carbons (Fsp3) is 0.500. The molecule has 1 aromatic carbocycles. The van der Waals surface area contributed by atoms with Crippen LogP contribution in [0.5, 0.6) is 0 Å². The van der Waals surface area contributed by atoms with Gasteiger partial charge >= 0.3 is 0 Å². The average Bonchev–Trinajstić information content (AvgIpc) is 2.35. The first kappa shape index (κ1) is 13.1. The quantitative estimate of drug-likeness (QED) is 0.764.